The van der Waals surface area contributed by atoms with Crippen LogP contribution in [0.3, 0.4) is 0 Å². The van der Waals surface area contributed by atoms with Crippen molar-refractivity contribution in [3.05, 3.63) is 59.8 Å². The fraction of sp³-hybridized carbons (Fsp3) is 0.348. The number of benzene rings is 2. The largest absolute Gasteiger partial charge is 0.507 e. The van der Waals surface area contributed by atoms with Gasteiger partial charge < -0.3 is 19.1 Å². The molecule has 0 spiro atoms. The molecule has 0 saturated heterocycles. The molecule has 0 atom stereocenters. The maximum absolute atomic E-state index is 10.3. The van der Waals surface area contributed by atoms with Crippen LogP contribution in [0.25, 0.3) is 11.3 Å². The van der Waals surface area contributed by atoms with Gasteiger partial charge in [0.15, 0.2) is 5.76 Å². The minimum absolute atomic E-state index is 0.119. The molecule has 0 aliphatic rings. The number of phenols is 1. The number of aromatic hydroxyl groups is 1. The van der Waals surface area contributed by atoms with Crippen molar-refractivity contribution in [3.63, 3.8) is 0 Å². The first-order valence-electron chi connectivity index (χ1n) is 9.83. The lowest BCUT2D eigenvalue weighted by atomic mass is 10.0. The van der Waals surface area contributed by atoms with Crippen LogP contribution in [-0.2, 0) is 12.8 Å². The average Bonchev–Trinajstić information content (AvgIpc) is 3.24. The van der Waals surface area contributed by atoms with Crippen molar-refractivity contribution >= 4 is 0 Å². The fourth-order valence-corrected chi connectivity index (χ4v) is 3.12. The Balaban J connectivity index is 1.56. The predicted octanol–water partition coefficient (Wildman–Crippen LogP) is 5.41. The Morgan fingerprint density at radius 1 is 0.964 bits per heavy atom. The summed E-state index contributed by atoms with van der Waals surface area (Å²) < 4.78 is 17.0. The second-order valence-electron chi connectivity index (χ2n) is 6.62. The molecule has 2 aromatic carbocycles. The van der Waals surface area contributed by atoms with E-state index >= 15 is 0 Å². The first-order valence-corrected chi connectivity index (χ1v) is 9.83. The van der Waals surface area contributed by atoms with Gasteiger partial charge in [0.05, 0.1) is 25.0 Å². The van der Waals surface area contributed by atoms with Gasteiger partial charge >= 0.3 is 0 Å². The van der Waals surface area contributed by atoms with Crippen molar-refractivity contribution in [3.8, 4) is 28.6 Å². The standard InChI is InChI=1S/C23H27NO4/c1-3-8-18-9-5-6-10-21(18)26-13-7-14-27-23-16-20(25)19(15-17(23)4-2)22-11-12-24-28-22/h5-6,9-12,15-16,25H,3-4,7-8,13-14H2,1-2H3. The number of ether oxygens (including phenoxy) is 2. The number of rotatable bonds is 10. The zero-order valence-electron chi connectivity index (χ0n) is 16.5. The van der Waals surface area contributed by atoms with Crippen molar-refractivity contribution in [2.24, 2.45) is 0 Å². The van der Waals surface area contributed by atoms with Crippen LogP contribution in [0.15, 0.2) is 53.2 Å². The number of aromatic nitrogens is 1. The van der Waals surface area contributed by atoms with Gasteiger partial charge in [0.2, 0.25) is 0 Å². The van der Waals surface area contributed by atoms with Crippen molar-refractivity contribution in [1.82, 2.24) is 5.16 Å². The van der Waals surface area contributed by atoms with Crippen LogP contribution < -0.4 is 9.47 Å². The van der Waals surface area contributed by atoms with Gasteiger partial charge in [-0.2, -0.15) is 0 Å². The number of phenolic OH excluding ortho intramolecular Hbond substituents is 1. The van der Waals surface area contributed by atoms with Gasteiger partial charge in [0.1, 0.15) is 17.2 Å². The van der Waals surface area contributed by atoms with Crippen molar-refractivity contribution < 1.29 is 19.1 Å². The van der Waals surface area contributed by atoms with Crippen molar-refractivity contribution in [1.29, 1.82) is 0 Å². The van der Waals surface area contributed by atoms with Crippen LogP contribution in [0.1, 0.15) is 37.8 Å². The van der Waals surface area contributed by atoms with Crippen molar-refractivity contribution in [2.75, 3.05) is 13.2 Å². The zero-order valence-corrected chi connectivity index (χ0v) is 16.5. The van der Waals surface area contributed by atoms with E-state index in [0.717, 1.165) is 37.0 Å². The highest BCUT2D eigenvalue weighted by molar-refractivity contribution is 5.68. The summed E-state index contributed by atoms with van der Waals surface area (Å²) in [4.78, 5) is 0. The van der Waals surface area contributed by atoms with Crippen LogP contribution in [0.2, 0.25) is 0 Å². The number of hydrogen-bond donors (Lipinski definition) is 1. The number of aryl methyl sites for hydroxylation is 2. The van der Waals surface area contributed by atoms with Crippen LogP contribution in [-0.4, -0.2) is 23.5 Å². The summed E-state index contributed by atoms with van der Waals surface area (Å²) in [5, 5.41) is 14.0. The molecular formula is C23H27NO4. The predicted molar refractivity (Wildman–Crippen MR) is 109 cm³/mol. The summed E-state index contributed by atoms with van der Waals surface area (Å²) in [6.45, 7) is 5.32. The Morgan fingerprint density at radius 2 is 1.75 bits per heavy atom. The highest BCUT2D eigenvalue weighted by Gasteiger charge is 2.13. The molecule has 3 rings (SSSR count). The normalized spacial score (nSPS) is 10.8. The lowest BCUT2D eigenvalue weighted by Crippen LogP contribution is -2.07. The van der Waals surface area contributed by atoms with Gasteiger partial charge in [0.25, 0.3) is 0 Å². The fourth-order valence-electron chi connectivity index (χ4n) is 3.12. The van der Waals surface area contributed by atoms with Gasteiger partial charge in [-0.1, -0.05) is 43.6 Å². The third kappa shape index (κ3) is 4.85. The van der Waals surface area contributed by atoms with Crippen LogP contribution in [0.5, 0.6) is 17.2 Å². The van der Waals surface area contributed by atoms with Gasteiger partial charge in [-0.05, 0) is 36.1 Å². The molecule has 0 aliphatic heterocycles. The second-order valence-corrected chi connectivity index (χ2v) is 6.62. The maximum Gasteiger partial charge on any atom is 0.170 e. The first-order chi connectivity index (χ1) is 13.7. The van der Waals surface area contributed by atoms with E-state index in [1.807, 2.05) is 24.3 Å². The zero-order chi connectivity index (χ0) is 19.8. The lowest BCUT2D eigenvalue weighted by Gasteiger charge is -2.14. The van der Waals surface area contributed by atoms with E-state index in [4.69, 9.17) is 14.0 Å². The number of para-hydroxylation sites is 1. The Morgan fingerprint density at radius 3 is 2.46 bits per heavy atom. The van der Waals surface area contributed by atoms with Gasteiger partial charge in [-0.25, -0.2) is 0 Å². The van der Waals surface area contributed by atoms with Crippen LogP contribution in [0.4, 0.5) is 0 Å². The molecule has 0 bridgehead atoms. The summed E-state index contributed by atoms with van der Waals surface area (Å²) in [7, 11) is 0. The highest BCUT2D eigenvalue weighted by Crippen LogP contribution is 2.35. The van der Waals surface area contributed by atoms with E-state index in [9.17, 15) is 5.11 Å². The molecule has 3 aromatic rings. The quantitative estimate of drug-likeness (QED) is 0.476. The number of nitrogens with zero attached hydrogens (tertiary/aromatic N) is 1. The molecule has 5 heteroatoms. The van der Waals surface area contributed by atoms with E-state index in [2.05, 4.69) is 25.1 Å². The molecule has 28 heavy (non-hydrogen) atoms. The third-order valence-electron chi connectivity index (χ3n) is 4.56. The summed E-state index contributed by atoms with van der Waals surface area (Å²) in [6.07, 6.45) is 5.22. The van der Waals surface area contributed by atoms with Gasteiger partial charge in [0, 0.05) is 18.6 Å². The van der Waals surface area contributed by atoms with E-state index in [1.54, 1.807) is 18.3 Å². The molecule has 5 nitrogen and oxygen atoms in total. The Labute approximate surface area is 165 Å². The summed E-state index contributed by atoms with van der Waals surface area (Å²) in [5.74, 6) is 2.30. The molecule has 1 N–H and O–H groups in total. The summed E-state index contributed by atoms with van der Waals surface area (Å²) in [5.41, 5.74) is 2.88. The second kappa shape index (κ2) is 9.83. The minimum Gasteiger partial charge on any atom is -0.507 e. The Hall–Kier alpha value is -2.95. The molecular weight excluding hydrogens is 354 g/mol. The van der Waals surface area contributed by atoms with E-state index in [-0.39, 0.29) is 5.75 Å². The van der Waals surface area contributed by atoms with Crippen LogP contribution >= 0.6 is 0 Å². The molecule has 0 amide bonds. The molecule has 0 unspecified atom stereocenters. The minimum atomic E-state index is 0.119. The monoisotopic (exact) mass is 381 g/mol. The molecule has 0 aliphatic carbocycles. The maximum atomic E-state index is 10.3. The Bertz CT molecular complexity index is 874. The molecule has 0 saturated carbocycles. The molecule has 148 valence electrons. The first kappa shape index (κ1) is 19.8. The molecule has 0 fully saturated rings. The smallest absolute Gasteiger partial charge is 0.170 e. The van der Waals surface area contributed by atoms with E-state index < -0.39 is 0 Å². The summed E-state index contributed by atoms with van der Waals surface area (Å²) in [6, 6.07) is 13.4. The lowest BCUT2D eigenvalue weighted by molar-refractivity contribution is 0.244. The molecule has 0 radical (unpaired) electrons. The van der Waals surface area contributed by atoms with Crippen molar-refractivity contribution in [2.45, 2.75) is 39.5 Å². The number of hydrogen-bond acceptors (Lipinski definition) is 5. The average molecular weight is 381 g/mol. The van der Waals surface area contributed by atoms with E-state index in [0.29, 0.717) is 30.3 Å². The van der Waals surface area contributed by atoms with Crippen LogP contribution in [0, 0.1) is 0 Å². The molecule has 1 heterocycles. The Kier molecular flexibility index (Phi) is 6.95. The van der Waals surface area contributed by atoms with Gasteiger partial charge in [-0.3, -0.25) is 0 Å². The topological polar surface area (TPSA) is 64.7 Å². The molecule has 1 aromatic heterocycles. The highest BCUT2D eigenvalue weighted by atomic mass is 16.5. The van der Waals surface area contributed by atoms with Gasteiger partial charge in [-0.15, -0.1) is 0 Å². The SMILES string of the molecule is CCCc1ccccc1OCCCOc1cc(O)c(-c2ccno2)cc1CC. The third-order valence-corrected chi connectivity index (χ3v) is 4.56. The summed E-state index contributed by atoms with van der Waals surface area (Å²) >= 11 is 0. The van der Waals surface area contributed by atoms with E-state index in [1.165, 1.54) is 5.56 Å².